The summed E-state index contributed by atoms with van der Waals surface area (Å²) in [6.45, 7) is 1.33. The second-order valence-electron chi connectivity index (χ2n) is 6.70. The molecule has 0 radical (unpaired) electrons. The van der Waals surface area contributed by atoms with Crippen LogP contribution in [0.5, 0.6) is 0 Å². The highest BCUT2D eigenvalue weighted by atomic mass is 35.5. The van der Waals surface area contributed by atoms with Gasteiger partial charge in [-0.05, 0) is 41.5 Å². The van der Waals surface area contributed by atoms with Crippen LogP contribution in [0.1, 0.15) is 16.7 Å². The van der Waals surface area contributed by atoms with Crippen LogP contribution in [0.3, 0.4) is 0 Å². The van der Waals surface area contributed by atoms with Crippen molar-refractivity contribution in [1.82, 2.24) is 9.99 Å². The molecule has 3 nitrogen and oxygen atoms in total. The third kappa shape index (κ3) is 4.76. The number of rotatable bonds is 6. The molecule has 4 aromatic rings. The topological polar surface area (TPSA) is 29.3 Å². The minimum Gasteiger partial charge on any atom is -0.342 e. The van der Waals surface area contributed by atoms with E-state index in [1.165, 1.54) is 0 Å². The van der Waals surface area contributed by atoms with Crippen molar-refractivity contribution in [2.45, 2.75) is 13.1 Å². The van der Waals surface area contributed by atoms with Gasteiger partial charge in [0, 0.05) is 34.2 Å². The van der Waals surface area contributed by atoms with Crippen LogP contribution in [0.25, 0.3) is 10.9 Å². The van der Waals surface area contributed by atoms with Crippen LogP contribution < -0.4 is 5.43 Å². The van der Waals surface area contributed by atoms with Gasteiger partial charge >= 0.3 is 0 Å². The summed E-state index contributed by atoms with van der Waals surface area (Å²) < 4.78 is 2.19. The van der Waals surface area contributed by atoms with Crippen molar-refractivity contribution < 1.29 is 0 Å². The Bertz CT molecular complexity index is 1160. The maximum Gasteiger partial charge on any atom is 0.0595 e. The van der Waals surface area contributed by atoms with Gasteiger partial charge in [0.25, 0.3) is 0 Å². The molecule has 0 saturated carbocycles. The molecule has 0 spiro atoms. The molecule has 0 atom stereocenters. The standard InChI is InChI=1S/C23H18Cl3N3/c24-19-8-5-16(6-9-19)12-27-28-13-18-15-29(23-4-2-1-3-20(18)23)14-17-7-10-21(25)22(26)11-17/h1-11,13,15,27H,12,14H2/b28-13-. The quantitative estimate of drug-likeness (QED) is 0.259. The van der Waals surface area contributed by atoms with Gasteiger partial charge in [-0.15, -0.1) is 0 Å². The van der Waals surface area contributed by atoms with Crippen molar-refractivity contribution in [2.24, 2.45) is 5.10 Å². The van der Waals surface area contributed by atoms with Gasteiger partial charge in [-0.1, -0.05) is 71.2 Å². The van der Waals surface area contributed by atoms with Gasteiger partial charge < -0.3 is 9.99 Å². The third-order valence-electron chi connectivity index (χ3n) is 4.65. The molecule has 0 aliphatic rings. The smallest absolute Gasteiger partial charge is 0.0595 e. The molecule has 0 amide bonds. The average molecular weight is 443 g/mol. The summed E-state index contributed by atoms with van der Waals surface area (Å²) in [5.74, 6) is 0. The fourth-order valence-electron chi connectivity index (χ4n) is 3.20. The lowest BCUT2D eigenvalue weighted by molar-refractivity contribution is 0.748. The minimum absolute atomic E-state index is 0.562. The number of hydrogen-bond acceptors (Lipinski definition) is 2. The molecule has 29 heavy (non-hydrogen) atoms. The van der Waals surface area contributed by atoms with Gasteiger partial charge in [0.1, 0.15) is 0 Å². The first-order valence-electron chi connectivity index (χ1n) is 9.12. The number of nitrogens with one attached hydrogen (secondary N) is 1. The van der Waals surface area contributed by atoms with Crippen molar-refractivity contribution in [3.05, 3.63) is 105 Å². The molecule has 6 heteroatoms. The average Bonchev–Trinajstić information content (AvgIpc) is 3.07. The van der Waals surface area contributed by atoms with Gasteiger partial charge in [-0.3, -0.25) is 0 Å². The predicted molar refractivity (Wildman–Crippen MR) is 123 cm³/mol. The molecule has 1 N–H and O–H groups in total. The number of para-hydroxylation sites is 1. The molecule has 4 rings (SSSR count). The number of hydrogen-bond donors (Lipinski definition) is 1. The second-order valence-corrected chi connectivity index (χ2v) is 7.95. The largest absolute Gasteiger partial charge is 0.342 e. The van der Waals surface area contributed by atoms with Gasteiger partial charge in [-0.2, -0.15) is 5.10 Å². The number of fused-ring (bicyclic) bond motifs is 1. The molecule has 0 unspecified atom stereocenters. The van der Waals surface area contributed by atoms with Gasteiger partial charge in [0.15, 0.2) is 0 Å². The van der Waals surface area contributed by atoms with E-state index >= 15 is 0 Å². The zero-order valence-electron chi connectivity index (χ0n) is 15.4. The summed E-state index contributed by atoms with van der Waals surface area (Å²) in [6, 6.07) is 21.7. The summed E-state index contributed by atoms with van der Waals surface area (Å²) in [4.78, 5) is 0. The summed E-state index contributed by atoms with van der Waals surface area (Å²) in [7, 11) is 0. The van der Waals surface area contributed by atoms with E-state index in [1.807, 2.05) is 60.8 Å². The Morgan fingerprint density at radius 1 is 0.862 bits per heavy atom. The van der Waals surface area contributed by atoms with Crippen LogP contribution in [0, 0.1) is 0 Å². The molecule has 0 aliphatic heterocycles. The highest BCUT2D eigenvalue weighted by Crippen LogP contribution is 2.25. The molecule has 1 heterocycles. The molecular formula is C23H18Cl3N3. The molecule has 0 fully saturated rings. The van der Waals surface area contributed by atoms with Crippen LogP contribution in [-0.2, 0) is 13.1 Å². The maximum absolute atomic E-state index is 6.17. The lowest BCUT2D eigenvalue weighted by Gasteiger charge is -2.06. The lowest BCUT2D eigenvalue weighted by Crippen LogP contribution is -2.05. The van der Waals surface area contributed by atoms with E-state index in [0.717, 1.165) is 32.6 Å². The Hall–Kier alpha value is -2.46. The van der Waals surface area contributed by atoms with E-state index in [9.17, 15) is 0 Å². The summed E-state index contributed by atoms with van der Waals surface area (Å²) in [5.41, 5.74) is 7.48. The van der Waals surface area contributed by atoms with Gasteiger partial charge in [0.05, 0.1) is 22.8 Å². The van der Waals surface area contributed by atoms with E-state index in [1.54, 1.807) is 0 Å². The molecular weight excluding hydrogens is 425 g/mol. The highest BCUT2D eigenvalue weighted by molar-refractivity contribution is 6.42. The van der Waals surface area contributed by atoms with Gasteiger partial charge in [-0.25, -0.2) is 0 Å². The van der Waals surface area contributed by atoms with Crippen LogP contribution in [0.15, 0.2) is 78.0 Å². The Kier molecular flexibility index (Phi) is 6.10. The van der Waals surface area contributed by atoms with Crippen molar-refractivity contribution in [1.29, 1.82) is 0 Å². The van der Waals surface area contributed by atoms with Crippen LogP contribution in [0.4, 0.5) is 0 Å². The van der Waals surface area contributed by atoms with E-state index < -0.39 is 0 Å². The van der Waals surface area contributed by atoms with Crippen LogP contribution >= 0.6 is 34.8 Å². The molecule has 3 aromatic carbocycles. The van der Waals surface area contributed by atoms with Crippen molar-refractivity contribution >= 4 is 51.9 Å². The lowest BCUT2D eigenvalue weighted by atomic mass is 10.2. The maximum atomic E-state index is 6.17. The first-order valence-corrected chi connectivity index (χ1v) is 10.3. The monoisotopic (exact) mass is 441 g/mol. The number of nitrogens with zero attached hydrogens (tertiary/aromatic N) is 2. The number of benzene rings is 3. The van der Waals surface area contributed by atoms with Crippen molar-refractivity contribution in [3.8, 4) is 0 Å². The summed E-state index contributed by atoms with van der Waals surface area (Å²) in [5, 5.41) is 7.39. The Balaban J connectivity index is 1.53. The van der Waals surface area contributed by atoms with Crippen LogP contribution in [0.2, 0.25) is 15.1 Å². The van der Waals surface area contributed by atoms with Gasteiger partial charge in [0.2, 0.25) is 0 Å². The Labute approximate surface area is 184 Å². The first-order chi connectivity index (χ1) is 14.1. The third-order valence-corrected chi connectivity index (χ3v) is 5.64. The molecule has 0 aliphatic carbocycles. The van der Waals surface area contributed by atoms with E-state index in [0.29, 0.717) is 23.1 Å². The van der Waals surface area contributed by atoms with Crippen molar-refractivity contribution in [2.75, 3.05) is 0 Å². The molecule has 1 aromatic heterocycles. The molecule has 0 bridgehead atoms. The second kappa shape index (κ2) is 8.91. The number of hydrazone groups is 1. The summed E-state index contributed by atoms with van der Waals surface area (Å²) >= 11 is 18.1. The normalized spacial score (nSPS) is 11.4. The van der Waals surface area contributed by atoms with E-state index in [2.05, 4.69) is 33.4 Å². The van der Waals surface area contributed by atoms with Crippen molar-refractivity contribution in [3.63, 3.8) is 0 Å². The molecule has 0 saturated heterocycles. The van der Waals surface area contributed by atoms with E-state index in [4.69, 9.17) is 34.8 Å². The number of halogens is 3. The SMILES string of the molecule is Clc1ccc(CN/N=C\c2cn(Cc3ccc(Cl)c(Cl)c3)c3ccccc23)cc1. The first kappa shape index (κ1) is 19.8. The molecule has 146 valence electrons. The minimum atomic E-state index is 0.562. The van der Waals surface area contributed by atoms with Crippen LogP contribution in [-0.4, -0.2) is 10.8 Å². The zero-order valence-corrected chi connectivity index (χ0v) is 17.7. The number of aromatic nitrogens is 1. The Morgan fingerprint density at radius 2 is 1.62 bits per heavy atom. The fraction of sp³-hybridized carbons (Fsp3) is 0.0870. The summed E-state index contributed by atoms with van der Waals surface area (Å²) in [6.07, 6.45) is 3.95. The fourth-order valence-corrected chi connectivity index (χ4v) is 3.64. The van der Waals surface area contributed by atoms with E-state index in [-0.39, 0.29) is 0 Å². The zero-order chi connectivity index (χ0) is 20.2. The predicted octanol–water partition coefficient (Wildman–Crippen LogP) is 6.77. The highest BCUT2D eigenvalue weighted by Gasteiger charge is 2.08. The Morgan fingerprint density at radius 3 is 2.41 bits per heavy atom.